The normalized spacial score (nSPS) is 21.3. The molecular formula is C17H21F3N2O3. The highest BCUT2D eigenvalue weighted by Crippen LogP contribution is 2.41. The lowest BCUT2D eigenvalue weighted by Crippen LogP contribution is -2.57. The first-order valence-electron chi connectivity index (χ1n) is 7.86. The molecule has 0 saturated heterocycles. The molecule has 8 heteroatoms. The number of aliphatic hydroxyl groups is 1. The Kier molecular flexibility index (Phi) is 4.87. The van der Waals surface area contributed by atoms with Crippen LogP contribution in [0.3, 0.4) is 0 Å². The number of rotatable bonds is 2. The molecule has 0 saturated carbocycles. The van der Waals surface area contributed by atoms with Crippen molar-refractivity contribution in [2.24, 2.45) is 5.10 Å². The van der Waals surface area contributed by atoms with Gasteiger partial charge in [0, 0.05) is 0 Å². The molecule has 2 rings (SSSR count). The number of aryl methyl sites for hydroxylation is 1. The van der Waals surface area contributed by atoms with E-state index < -0.39 is 30.0 Å². The van der Waals surface area contributed by atoms with E-state index in [0.29, 0.717) is 5.56 Å². The molecule has 1 aliphatic heterocycles. The second-order valence-corrected chi connectivity index (χ2v) is 6.88. The molecular weight excluding hydrogens is 337 g/mol. The van der Waals surface area contributed by atoms with Gasteiger partial charge in [0.25, 0.3) is 5.72 Å². The summed E-state index contributed by atoms with van der Waals surface area (Å²) >= 11 is 0. The van der Waals surface area contributed by atoms with Crippen molar-refractivity contribution >= 4 is 11.8 Å². The number of hydrogen-bond acceptors (Lipinski definition) is 4. The van der Waals surface area contributed by atoms with E-state index in [-0.39, 0.29) is 10.7 Å². The molecule has 1 atom stereocenters. The van der Waals surface area contributed by atoms with Crippen LogP contribution in [-0.2, 0) is 11.2 Å². The molecule has 1 N–H and O–H groups in total. The number of ether oxygens (including phenoxy) is 1. The lowest BCUT2D eigenvalue weighted by Gasteiger charge is -2.33. The summed E-state index contributed by atoms with van der Waals surface area (Å²) < 4.78 is 45.2. The Morgan fingerprint density at radius 1 is 1.28 bits per heavy atom. The highest BCUT2D eigenvalue weighted by atomic mass is 19.4. The van der Waals surface area contributed by atoms with Gasteiger partial charge in [-0.2, -0.15) is 23.3 Å². The third kappa shape index (κ3) is 3.95. The lowest BCUT2D eigenvalue weighted by atomic mass is 9.99. The molecule has 0 aromatic heterocycles. The van der Waals surface area contributed by atoms with Gasteiger partial charge in [0.1, 0.15) is 5.60 Å². The third-order valence-corrected chi connectivity index (χ3v) is 3.70. The summed E-state index contributed by atoms with van der Waals surface area (Å²) in [6.07, 6.45) is -6.52. The zero-order chi connectivity index (χ0) is 19.0. The van der Waals surface area contributed by atoms with Gasteiger partial charge in [0.15, 0.2) is 0 Å². The maximum absolute atomic E-state index is 13.4. The molecule has 1 heterocycles. The summed E-state index contributed by atoms with van der Waals surface area (Å²) in [5.41, 5.74) is -3.07. The molecule has 0 radical (unpaired) electrons. The van der Waals surface area contributed by atoms with Gasteiger partial charge in [-0.1, -0.05) is 31.2 Å². The van der Waals surface area contributed by atoms with Gasteiger partial charge in [-0.15, -0.1) is 0 Å². The second-order valence-electron chi connectivity index (χ2n) is 6.88. The van der Waals surface area contributed by atoms with Crippen LogP contribution in [0.25, 0.3) is 0 Å². The predicted octanol–water partition coefficient (Wildman–Crippen LogP) is 3.84. The molecule has 0 fully saturated rings. The fourth-order valence-electron chi connectivity index (χ4n) is 2.36. The summed E-state index contributed by atoms with van der Waals surface area (Å²) in [5.74, 6) is 0. The highest BCUT2D eigenvalue weighted by Gasteiger charge is 2.64. The van der Waals surface area contributed by atoms with Crippen molar-refractivity contribution in [2.45, 2.75) is 58.0 Å². The predicted molar refractivity (Wildman–Crippen MR) is 86.1 cm³/mol. The number of hydrogen-bond donors (Lipinski definition) is 1. The molecule has 1 unspecified atom stereocenters. The Labute approximate surface area is 144 Å². The third-order valence-electron chi connectivity index (χ3n) is 3.70. The molecule has 138 valence electrons. The zero-order valence-electron chi connectivity index (χ0n) is 14.5. The molecule has 0 bridgehead atoms. The number of benzene rings is 1. The number of hydrazone groups is 1. The largest absolute Gasteiger partial charge is 0.442 e. The average Bonchev–Trinajstić information content (AvgIpc) is 2.85. The van der Waals surface area contributed by atoms with Crippen molar-refractivity contribution in [3.63, 3.8) is 0 Å². The van der Waals surface area contributed by atoms with E-state index in [9.17, 15) is 23.1 Å². The van der Waals surface area contributed by atoms with Crippen LogP contribution in [0.1, 0.15) is 45.2 Å². The Morgan fingerprint density at radius 3 is 2.28 bits per heavy atom. The maximum atomic E-state index is 13.4. The van der Waals surface area contributed by atoms with E-state index in [1.165, 1.54) is 20.8 Å². The fourth-order valence-corrected chi connectivity index (χ4v) is 2.36. The van der Waals surface area contributed by atoms with Crippen LogP contribution in [0.15, 0.2) is 29.4 Å². The topological polar surface area (TPSA) is 62.1 Å². The fraction of sp³-hybridized carbons (Fsp3) is 0.529. The van der Waals surface area contributed by atoms with Crippen molar-refractivity contribution in [3.8, 4) is 0 Å². The smallest absolute Gasteiger partial charge is 0.439 e. The lowest BCUT2D eigenvalue weighted by molar-refractivity contribution is -0.300. The standard InChI is InChI=1S/C17H21F3N2O3/c1-5-11-6-8-12(9-7-11)13-10-16(24,17(18,19)20)22(21-13)14(23)25-15(2,3)4/h6-9,24H,5,10H2,1-4H3. The minimum atomic E-state index is -5.08. The average molecular weight is 358 g/mol. The van der Waals surface area contributed by atoms with Crippen molar-refractivity contribution in [2.75, 3.05) is 0 Å². The molecule has 1 aromatic rings. The Bertz CT molecular complexity index is 678. The second kappa shape index (κ2) is 6.33. The van der Waals surface area contributed by atoms with Gasteiger partial charge in [0.05, 0.1) is 12.1 Å². The molecule has 1 aliphatic rings. The Morgan fingerprint density at radius 2 is 1.84 bits per heavy atom. The van der Waals surface area contributed by atoms with Crippen LogP contribution < -0.4 is 0 Å². The highest BCUT2D eigenvalue weighted by molar-refractivity contribution is 6.03. The van der Waals surface area contributed by atoms with Crippen molar-refractivity contribution in [3.05, 3.63) is 35.4 Å². The first-order chi connectivity index (χ1) is 11.4. The number of alkyl halides is 3. The van der Waals surface area contributed by atoms with E-state index in [4.69, 9.17) is 4.74 Å². The van der Waals surface area contributed by atoms with Crippen LogP contribution in [-0.4, -0.2) is 39.4 Å². The minimum Gasteiger partial charge on any atom is -0.442 e. The minimum absolute atomic E-state index is 0.0126. The summed E-state index contributed by atoms with van der Waals surface area (Å²) in [5, 5.41) is 13.9. The maximum Gasteiger partial charge on any atom is 0.439 e. The molecule has 0 aliphatic carbocycles. The molecule has 5 nitrogen and oxygen atoms in total. The van der Waals surface area contributed by atoms with Gasteiger partial charge in [-0.3, -0.25) is 0 Å². The summed E-state index contributed by atoms with van der Waals surface area (Å²) in [4.78, 5) is 12.1. The summed E-state index contributed by atoms with van der Waals surface area (Å²) in [7, 11) is 0. The number of carbonyl (C=O) groups is 1. The quantitative estimate of drug-likeness (QED) is 0.874. The SMILES string of the molecule is CCc1ccc(C2=NN(C(=O)OC(C)(C)C)C(O)(C(F)(F)F)C2)cc1. The molecule has 0 spiro atoms. The van der Waals surface area contributed by atoms with E-state index in [2.05, 4.69) is 5.10 Å². The van der Waals surface area contributed by atoms with E-state index in [1.807, 2.05) is 6.92 Å². The zero-order valence-corrected chi connectivity index (χ0v) is 14.5. The van der Waals surface area contributed by atoms with Crippen LogP contribution >= 0.6 is 0 Å². The summed E-state index contributed by atoms with van der Waals surface area (Å²) in [6, 6.07) is 6.77. The van der Waals surface area contributed by atoms with E-state index in [0.717, 1.165) is 12.0 Å². The van der Waals surface area contributed by atoms with Gasteiger partial charge in [-0.05, 0) is 38.3 Å². The molecule has 1 amide bonds. The van der Waals surface area contributed by atoms with Gasteiger partial charge >= 0.3 is 12.3 Å². The van der Waals surface area contributed by atoms with Gasteiger partial charge in [0.2, 0.25) is 0 Å². The number of carbonyl (C=O) groups excluding carboxylic acids is 1. The van der Waals surface area contributed by atoms with Gasteiger partial charge in [-0.25, -0.2) is 4.79 Å². The van der Waals surface area contributed by atoms with Crippen molar-refractivity contribution in [1.29, 1.82) is 0 Å². The molecule has 1 aromatic carbocycles. The number of nitrogens with zero attached hydrogens (tertiary/aromatic N) is 2. The van der Waals surface area contributed by atoms with Crippen LogP contribution in [0.2, 0.25) is 0 Å². The number of halogens is 3. The monoisotopic (exact) mass is 358 g/mol. The Balaban J connectivity index is 2.40. The van der Waals surface area contributed by atoms with Gasteiger partial charge < -0.3 is 9.84 Å². The Hall–Kier alpha value is -2.09. The van der Waals surface area contributed by atoms with Crippen LogP contribution in [0, 0.1) is 0 Å². The first-order valence-corrected chi connectivity index (χ1v) is 7.86. The van der Waals surface area contributed by atoms with Crippen LogP contribution in [0.5, 0.6) is 0 Å². The number of amides is 1. The van der Waals surface area contributed by atoms with E-state index >= 15 is 0 Å². The first kappa shape index (κ1) is 19.2. The summed E-state index contributed by atoms with van der Waals surface area (Å²) in [6.45, 7) is 6.50. The molecule has 25 heavy (non-hydrogen) atoms. The van der Waals surface area contributed by atoms with Crippen molar-refractivity contribution in [1.82, 2.24) is 5.01 Å². The van der Waals surface area contributed by atoms with E-state index in [1.54, 1.807) is 24.3 Å². The van der Waals surface area contributed by atoms with Crippen LogP contribution in [0.4, 0.5) is 18.0 Å². The van der Waals surface area contributed by atoms with Crippen molar-refractivity contribution < 1.29 is 27.8 Å².